The van der Waals surface area contributed by atoms with Gasteiger partial charge in [0.1, 0.15) is 0 Å². The van der Waals surface area contributed by atoms with Crippen molar-refractivity contribution in [1.82, 2.24) is 4.31 Å². The number of benzene rings is 1. The average molecular weight is 321 g/mol. The molecule has 2 rings (SSSR count). The molecule has 0 N–H and O–H groups in total. The van der Waals surface area contributed by atoms with Gasteiger partial charge < -0.3 is 4.55 Å². The van der Waals surface area contributed by atoms with E-state index in [2.05, 4.69) is 0 Å². The maximum absolute atomic E-state index is 11.4. The van der Waals surface area contributed by atoms with Gasteiger partial charge in [-0.2, -0.15) is 0 Å². The molecule has 4 nitrogen and oxygen atoms in total. The first-order chi connectivity index (χ1) is 8.64. The number of hydrogen-bond donors (Lipinski definition) is 0. The van der Waals surface area contributed by atoms with Crippen LogP contribution in [0.4, 0.5) is 0 Å². The van der Waals surface area contributed by atoms with Crippen molar-refractivity contribution in [3.63, 3.8) is 0 Å². The van der Waals surface area contributed by atoms with Crippen LogP contribution in [0.25, 0.3) is 0 Å². The van der Waals surface area contributed by atoms with Crippen molar-refractivity contribution >= 4 is 27.5 Å². The van der Waals surface area contributed by atoms with Crippen LogP contribution in [-0.4, -0.2) is 22.3 Å². The average Bonchev–Trinajstić information content (AvgIpc) is 2.22. The van der Waals surface area contributed by atoms with Gasteiger partial charge in [0.15, 0.2) is 10.3 Å². The molecule has 7 heteroatoms. The molecule has 1 aliphatic rings. The number of nitrogens with zero attached hydrogens (tertiary/aromatic N) is 1. The summed E-state index contributed by atoms with van der Waals surface area (Å²) >= 11 is 5.15. The van der Waals surface area contributed by atoms with Crippen LogP contribution in [0.5, 0.6) is 0 Å². The van der Waals surface area contributed by atoms with Gasteiger partial charge in [0.05, 0.1) is 11.0 Å². The Morgan fingerprint density at radius 2 is 1.70 bits per heavy atom. The van der Waals surface area contributed by atoms with E-state index in [1.165, 1.54) is 0 Å². The van der Waals surface area contributed by atoms with E-state index < -0.39 is 16.3 Å². The van der Waals surface area contributed by atoms with Crippen molar-refractivity contribution in [3.05, 3.63) is 35.9 Å². The van der Waals surface area contributed by atoms with Gasteiger partial charge in [0.25, 0.3) is 0 Å². The zero-order valence-corrected chi connectivity index (χ0v) is 15.7. The number of rotatable bonds is 2. The molecule has 0 saturated carbocycles. The zero-order chi connectivity index (χ0) is 14.4. The van der Waals surface area contributed by atoms with Crippen molar-refractivity contribution in [3.8, 4) is 0 Å². The molecule has 0 bridgehead atoms. The SMILES string of the molecule is CC(C)(C)[C@@H]1C(=S)N(S(=O)(=O)[O-])[C@H]1c1ccccc1.[Na+]. The van der Waals surface area contributed by atoms with Gasteiger partial charge >= 0.3 is 29.6 Å². The van der Waals surface area contributed by atoms with E-state index in [-0.39, 0.29) is 45.9 Å². The Morgan fingerprint density at radius 1 is 1.20 bits per heavy atom. The van der Waals surface area contributed by atoms with Gasteiger partial charge in [-0.1, -0.05) is 63.3 Å². The predicted octanol–water partition coefficient (Wildman–Crippen LogP) is -0.503. The summed E-state index contributed by atoms with van der Waals surface area (Å²) in [5.74, 6) is -0.131. The largest absolute Gasteiger partial charge is 1.00 e. The Hall–Kier alpha value is 0.0200. The summed E-state index contributed by atoms with van der Waals surface area (Å²) in [5.41, 5.74) is 0.606. The van der Waals surface area contributed by atoms with E-state index in [0.717, 1.165) is 9.87 Å². The molecular weight excluding hydrogens is 305 g/mol. The predicted molar refractivity (Wildman–Crippen MR) is 76.3 cm³/mol. The van der Waals surface area contributed by atoms with E-state index in [1.807, 2.05) is 51.1 Å². The molecular formula is C13H16NNaO3S2. The third-order valence-electron chi connectivity index (χ3n) is 3.37. The monoisotopic (exact) mass is 321 g/mol. The minimum atomic E-state index is -4.56. The Bertz CT molecular complexity index is 596. The smallest absolute Gasteiger partial charge is 0.731 e. The summed E-state index contributed by atoms with van der Waals surface area (Å²) in [7, 11) is -4.56. The number of thiocarbonyl (C=S) groups is 1. The fourth-order valence-corrected chi connectivity index (χ4v) is 4.26. The fourth-order valence-electron chi connectivity index (χ4n) is 2.53. The van der Waals surface area contributed by atoms with Crippen LogP contribution in [-0.2, 0) is 10.3 Å². The van der Waals surface area contributed by atoms with Crippen LogP contribution in [0.2, 0.25) is 0 Å². The quantitative estimate of drug-likeness (QED) is 0.418. The van der Waals surface area contributed by atoms with Crippen LogP contribution in [0.15, 0.2) is 30.3 Å². The molecule has 1 aliphatic heterocycles. The van der Waals surface area contributed by atoms with Gasteiger partial charge in [0.2, 0.25) is 0 Å². The van der Waals surface area contributed by atoms with Crippen molar-refractivity contribution in [1.29, 1.82) is 0 Å². The molecule has 1 aromatic carbocycles. The minimum absolute atomic E-state index is 0. The third kappa shape index (κ3) is 3.26. The maximum atomic E-state index is 11.4. The maximum Gasteiger partial charge on any atom is 1.00 e. The van der Waals surface area contributed by atoms with Gasteiger partial charge in [0, 0.05) is 5.92 Å². The number of hydrogen-bond acceptors (Lipinski definition) is 4. The van der Waals surface area contributed by atoms with E-state index in [4.69, 9.17) is 12.2 Å². The molecule has 0 amide bonds. The molecule has 0 radical (unpaired) electrons. The van der Waals surface area contributed by atoms with Crippen LogP contribution in [0.3, 0.4) is 0 Å². The second-order valence-corrected chi connectivity index (χ2v) is 7.46. The second-order valence-electron chi connectivity index (χ2n) is 5.79. The van der Waals surface area contributed by atoms with Gasteiger partial charge in [-0.25, -0.2) is 8.42 Å². The molecule has 1 fully saturated rings. The van der Waals surface area contributed by atoms with Crippen molar-refractivity contribution in [2.45, 2.75) is 26.8 Å². The summed E-state index contributed by atoms with van der Waals surface area (Å²) in [5, 5.41) is 0. The zero-order valence-electron chi connectivity index (χ0n) is 12.0. The molecule has 0 aromatic heterocycles. The second kappa shape index (κ2) is 6.02. The Labute approximate surface area is 147 Å². The van der Waals surface area contributed by atoms with E-state index in [9.17, 15) is 13.0 Å². The van der Waals surface area contributed by atoms with E-state index in [1.54, 1.807) is 0 Å². The topological polar surface area (TPSA) is 60.4 Å². The molecule has 1 aromatic rings. The van der Waals surface area contributed by atoms with Crippen molar-refractivity contribution in [2.24, 2.45) is 11.3 Å². The molecule has 1 heterocycles. The Kier molecular flexibility index (Phi) is 5.44. The van der Waals surface area contributed by atoms with Crippen molar-refractivity contribution in [2.75, 3.05) is 0 Å². The summed E-state index contributed by atoms with van der Waals surface area (Å²) in [4.78, 5) is 0.219. The molecule has 104 valence electrons. The van der Waals surface area contributed by atoms with Gasteiger partial charge in [-0.05, 0) is 11.0 Å². The van der Waals surface area contributed by atoms with Crippen LogP contribution in [0, 0.1) is 11.3 Å². The molecule has 1 saturated heterocycles. The van der Waals surface area contributed by atoms with Crippen molar-refractivity contribution < 1.29 is 42.5 Å². The molecule has 2 atom stereocenters. The minimum Gasteiger partial charge on any atom is -0.731 e. The summed E-state index contributed by atoms with van der Waals surface area (Å²) < 4.78 is 34.9. The fraction of sp³-hybridized carbons (Fsp3) is 0.462. The normalized spacial score (nSPS) is 23.0. The standard InChI is InChI=1S/C13H17NO3S2.Na/c1-13(2,3)10-11(9-7-5-4-6-8-9)14(12(10)18)19(15,16)17;/h4-8,10-11H,1-3H3,(H,15,16,17);/q;+1/p-1/t10-,11-;/m0./s1. The van der Waals surface area contributed by atoms with Gasteiger partial charge in [-0.3, -0.25) is 4.31 Å². The molecule has 0 unspecified atom stereocenters. The van der Waals surface area contributed by atoms with Crippen LogP contribution < -0.4 is 29.6 Å². The first-order valence-electron chi connectivity index (χ1n) is 5.98. The van der Waals surface area contributed by atoms with E-state index in [0.29, 0.717) is 0 Å². The molecule has 20 heavy (non-hydrogen) atoms. The summed E-state index contributed by atoms with van der Waals surface area (Å²) in [6, 6.07) is 8.66. The Balaban J connectivity index is 0.00000200. The van der Waals surface area contributed by atoms with Gasteiger partial charge in [-0.15, -0.1) is 0 Å². The first kappa shape index (κ1) is 18.1. The summed E-state index contributed by atoms with van der Waals surface area (Å²) in [6.07, 6.45) is 0. The molecule has 0 spiro atoms. The van der Waals surface area contributed by atoms with E-state index >= 15 is 0 Å². The third-order valence-corrected chi connectivity index (χ3v) is 4.84. The van der Waals surface area contributed by atoms with Crippen LogP contribution in [0.1, 0.15) is 32.4 Å². The summed E-state index contributed by atoms with van der Waals surface area (Å²) in [6.45, 7) is 5.98. The first-order valence-corrected chi connectivity index (χ1v) is 7.75. The molecule has 0 aliphatic carbocycles. The Morgan fingerprint density at radius 3 is 2.10 bits per heavy atom. The van der Waals surface area contributed by atoms with Crippen LogP contribution >= 0.6 is 12.2 Å².